The maximum Gasteiger partial charge on any atom is 0.410 e. The number of piperidine rings is 1. The Bertz CT molecular complexity index is 887. The average Bonchev–Trinajstić information content (AvgIpc) is 2.70. The fourth-order valence-corrected chi connectivity index (χ4v) is 4.40. The molecule has 1 N–H and O–H groups in total. The summed E-state index contributed by atoms with van der Waals surface area (Å²) >= 11 is 0. The lowest BCUT2D eigenvalue weighted by Gasteiger charge is -2.51. The molecule has 2 fully saturated rings. The van der Waals surface area contributed by atoms with Crippen molar-refractivity contribution in [2.24, 2.45) is 0 Å². The van der Waals surface area contributed by atoms with E-state index >= 15 is 0 Å². The number of rotatable bonds is 4. The third-order valence-electron chi connectivity index (χ3n) is 5.63. The van der Waals surface area contributed by atoms with Crippen LogP contribution in [0.3, 0.4) is 0 Å². The van der Waals surface area contributed by atoms with E-state index in [1.165, 1.54) is 0 Å². The van der Waals surface area contributed by atoms with Crippen LogP contribution in [0.15, 0.2) is 42.5 Å². The number of benzene rings is 2. The summed E-state index contributed by atoms with van der Waals surface area (Å²) in [7, 11) is 0. The number of carbonyl (C=O) groups excluding carboxylic acids is 1. The van der Waals surface area contributed by atoms with E-state index in [0.717, 1.165) is 17.7 Å². The molecule has 2 aromatic carbocycles. The van der Waals surface area contributed by atoms with E-state index in [9.17, 15) is 23.1 Å². The average molecular weight is 421 g/mol. The Hall–Kier alpha value is -2.58. The molecule has 0 radical (unpaired) electrons. The molecule has 2 aliphatic rings. The van der Waals surface area contributed by atoms with Crippen molar-refractivity contribution in [1.29, 1.82) is 0 Å². The van der Waals surface area contributed by atoms with Crippen LogP contribution in [0, 0.1) is 17.5 Å². The van der Waals surface area contributed by atoms with E-state index in [-0.39, 0.29) is 44.6 Å². The van der Waals surface area contributed by atoms with Crippen LogP contribution in [0.1, 0.15) is 24.0 Å². The first-order valence-corrected chi connectivity index (χ1v) is 9.77. The Morgan fingerprint density at radius 1 is 1.07 bits per heavy atom. The van der Waals surface area contributed by atoms with Crippen molar-refractivity contribution in [3.63, 3.8) is 0 Å². The molecular weight excluding hydrogens is 399 g/mol. The lowest BCUT2D eigenvalue weighted by atomic mass is 9.77. The number of halogens is 3. The van der Waals surface area contributed by atoms with Crippen molar-refractivity contribution in [3.8, 4) is 0 Å². The number of hydrogen-bond donors (Lipinski definition) is 1. The predicted octanol–water partition coefficient (Wildman–Crippen LogP) is 3.58. The summed E-state index contributed by atoms with van der Waals surface area (Å²) in [5.74, 6) is -4.12. The van der Waals surface area contributed by atoms with Crippen molar-refractivity contribution >= 4 is 6.09 Å². The van der Waals surface area contributed by atoms with Gasteiger partial charge in [-0.2, -0.15) is 0 Å². The lowest BCUT2D eigenvalue weighted by molar-refractivity contribution is -0.132. The van der Waals surface area contributed by atoms with E-state index in [1.807, 2.05) is 30.3 Å². The topological polar surface area (TPSA) is 59.0 Å². The first kappa shape index (κ1) is 20.7. The van der Waals surface area contributed by atoms with Gasteiger partial charge in [0.25, 0.3) is 0 Å². The van der Waals surface area contributed by atoms with Crippen LogP contribution in [-0.4, -0.2) is 47.0 Å². The minimum Gasteiger partial charge on any atom is -0.445 e. The number of carbonyl (C=O) groups is 1. The maximum absolute atomic E-state index is 13.6. The van der Waals surface area contributed by atoms with Gasteiger partial charge in [0.1, 0.15) is 6.61 Å². The highest BCUT2D eigenvalue weighted by Crippen LogP contribution is 2.37. The number of fused-ring (bicyclic) bond motifs is 2. The van der Waals surface area contributed by atoms with Crippen LogP contribution in [0.2, 0.25) is 0 Å². The number of aliphatic hydroxyl groups is 1. The second-order valence-electron chi connectivity index (χ2n) is 7.98. The third-order valence-corrected chi connectivity index (χ3v) is 5.63. The summed E-state index contributed by atoms with van der Waals surface area (Å²) in [4.78, 5) is 14.3. The van der Waals surface area contributed by atoms with Crippen LogP contribution >= 0.6 is 0 Å². The molecule has 1 amide bonds. The number of morpholine rings is 1. The molecule has 4 rings (SSSR count). The predicted molar refractivity (Wildman–Crippen MR) is 101 cm³/mol. The monoisotopic (exact) mass is 421 g/mol. The van der Waals surface area contributed by atoms with Crippen molar-refractivity contribution in [3.05, 3.63) is 71.0 Å². The van der Waals surface area contributed by atoms with E-state index < -0.39 is 41.2 Å². The van der Waals surface area contributed by atoms with Gasteiger partial charge in [0.15, 0.2) is 17.5 Å². The summed E-state index contributed by atoms with van der Waals surface area (Å²) in [5.41, 5.74) is -0.277. The Balaban J connectivity index is 1.45. The Morgan fingerprint density at radius 3 is 2.27 bits per heavy atom. The standard InChI is InChI=1S/C22H22F3NO4/c23-18-6-15(7-19(24)20(18)25)8-22(28)9-16-12-29-13-17(10-22)26(16)21(27)30-11-14-4-2-1-3-5-14/h1-7,16-17,28H,8-13H2. The van der Waals surface area contributed by atoms with Crippen molar-refractivity contribution < 1.29 is 32.5 Å². The minimum absolute atomic E-state index is 0.0545. The van der Waals surface area contributed by atoms with E-state index in [4.69, 9.17) is 9.47 Å². The molecule has 2 bridgehead atoms. The van der Waals surface area contributed by atoms with Crippen LogP contribution in [0.25, 0.3) is 0 Å². The molecule has 2 heterocycles. The number of amides is 1. The zero-order valence-electron chi connectivity index (χ0n) is 16.2. The molecule has 8 heteroatoms. The molecule has 2 aromatic rings. The van der Waals surface area contributed by atoms with Gasteiger partial charge in [-0.05, 0) is 36.1 Å². The molecule has 2 unspecified atom stereocenters. The van der Waals surface area contributed by atoms with Gasteiger partial charge in [-0.1, -0.05) is 30.3 Å². The molecule has 0 aliphatic carbocycles. The molecule has 0 spiro atoms. The van der Waals surface area contributed by atoms with Gasteiger partial charge in [0.05, 0.1) is 30.9 Å². The Morgan fingerprint density at radius 2 is 1.67 bits per heavy atom. The van der Waals surface area contributed by atoms with Crippen molar-refractivity contribution in [1.82, 2.24) is 4.90 Å². The SMILES string of the molecule is O=C(OCc1ccccc1)N1C2COCC1CC(O)(Cc1cc(F)c(F)c(F)c1)C2. The summed E-state index contributed by atoms with van der Waals surface area (Å²) in [6.07, 6.45) is -0.228. The van der Waals surface area contributed by atoms with E-state index in [2.05, 4.69) is 0 Å². The Kier molecular flexibility index (Phi) is 5.71. The van der Waals surface area contributed by atoms with Gasteiger partial charge >= 0.3 is 6.09 Å². The van der Waals surface area contributed by atoms with Gasteiger partial charge in [-0.15, -0.1) is 0 Å². The van der Waals surface area contributed by atoms with Crippen LogP contribution in [-0.2, 0) is 22.5 Å². The van der Waals surface area contributed by atoms with E-state index in [0.29, 0.717) is 0 Å². The summed E-state index contributed by atoms with van der Waals surface area (Å²) in [6.45, 7) is 0.589. The molecule has 5 nitrogen and oxygen atoms in total. The van der Waals surface area contributed by atoms with Crippen molar-refractivity contribution in [2.45, 2.75) is 43.6 Å². The molecule has 160 valence electrons. The van der Waals surface area contributed by atoms with Crippen LogP contribution in [0.5, 0.6) is 0 Å². The van der Waals surface area contributed by atoms with Gasteiger partial charge in [0, 0.05) is 6.42 Å². The molecule has 2 aliphatic heterocycles. The zero-order valence-corrected chi connectivity index (χ0v) is 16.2. The molecule has 2 atom stereocenters. The number of nitrogens with zero attached hydrogens (tertiary/aromatic N) is 1. The fraction of sp³-hybridized carbons (Fsp3) is 0.409. The van der Waals surface area contributed by atoms with Gasteiger partial charge < -0.3 is 14.6 Å². The van der Waals surface area contributed by atoms with Gasteiger partial charge in [-0.3, -0.25) is 4.90 Å². The van der Waals surface area contributed by atoms with Crippen LogP contribution in [0.4, 0.5) is 18.0 Å². The molecule has 0 aromatic heterocycles. The highest BCUT2D eigenvalue weighted by atomic mass is 19.2. The normalized spacial score (nSPS) is 25.8. The van der Waals surface area contributed by atoms with Gasteiger partial charge in [-0.25, -0.2) is 18.0 Å². The third kappa shape index (κ3) is 4.29. The fourth-order valence-electron chi connectivity index (χ4n) is 4.40. The van der Waals surface area contributed by atoms with Crippen molar-refractivity contribution in [2.75, 3.05) is 13.2 Å². The Labute approximate surface area is 172 Å². The summed E-state index contributed by atoms with van der Waals surface area (Å²) in [6, 6.07) is 10.2. The maximum atomic E-state index is 13.6. The largest absolute Gasteiger partial charge is 0.445 e. The summed E-state index contributed by atoms with van der Waals surface area (Å²) < 4.78 is 51.3. The number of hydrogen-bond acceptors (Lipinski definition) is 4. The second kappa shape index (κ2) is 8.28. The summed E-state index contributed by atoms with van der Waals surface area (Å²) in [5, 5.41) is 11.1. The number of ether oxygens (including phenoxy) is 2. The first-order valence-electron chi connectivity index (χ1n) is 9.77. The molecule has 2 saturated heterocycles. The highest BCUT2D eigenvalue weighted by molar-refractivity contribution is 5.69. The first-order chi connectivity index (χ1) is 14.3. The highest BCUT2D eigenvalue weighted by Gasteiger charge is 2.48. The smallest absolute Gasteiger partial charge is 0.410 e. The molecule has 0 saturated carbocycles. The zero-order chi connectivity index (χ0) is 21.3. The minimum atomic E-state index is -1.54. The van der Waals surface area contributed by atoms with Crippen LogP contribution < -0.4 is 0 Å². The molecule has 30 heavy (non-hydrogen) atoms. The lowest BCUT2D eigenvalue weighted by Crippen LogP contribution is -2.64. The second-order valence-corrected chi connectivity index (χ2v) is 7.98. The molecular formula is C22H22F3NO4. The van der Waals surface area contributed by atoms with E-state index in [1.54, 1.807) is 4.90 Å². The van der Waals surface area contributed by atoms with Gasteiger partial charge in [0.2, 0.25) is 0 Å². The quantitative estimate of drug-likeness (QED) is 0.767.